The molecule has 7 heteroatoms. The van der Waals surface area contributed by atoms with Crippen LogP contribution in [-0.2, 0) is 11.2 Å². The van der Waals surface area contributed by atoms with Gasteiger partial charge in [0, 0.05) is 30.0 Å². The van der Waals surface area contributed by atoms with E-state index in [1.54, 1.807) is 28.1 Å². The number of ether oxygens (including phenoxy) is 1. The van der Waals surface area contributed by atoms with Crippen molar-refractivity contribution in [1.29, 1.82) is 0 Å². The molecule has 4 rings (SSSR count). The number of halogens is 1. The minimum absolute atomic E-state index is 0.0687. The van der Waals surface area contributed by atoms with Crippen molar-refractivity contribution in [3.05, 3.63) is 64.4 Å². The first-order valence-electron chi connectivity index (χ1n) is 8.95. The summed E-state index contributed by atoms with van der Waals surface area (Å²) in [7, 11) is 0. The third-order valence-electron chi connectivity index (χ3n) is 5.18. The SMILES string of the molecule is Cc1ncccc1C(=O)N1C[C@@H]2OC(=O)N(CCc3cccc(Cl)c3)[C@@H]2C1. The monoisotopic (exact) mass is 385 g/mol. The van der Waals surface area contributed by atoms with Gasteiger partial charge in [-0.05, 0) is 43.2 Å². The van der Waals surface area contributed by atoms with E-state index in [9.17, 15) is 9.59 Å². The number of rotatable bonds is 4. The molecule has 1 aromatic carbocycles. The van der Waals surface area contributed by atoms with Crippen LogP contribution in [0.2, 0.25) is 5.02 Å². The van der Waals surface area contributed by atoms with E-state index in [1.165, 1.54) is 0 Å². The summed E-state index contributed by atoms with van der Waals surface area (Å²) >= 11 is 6.03. The predicted molar refractivity (Wildman–Crippen MR) is 101 cm³/mol. The summed E-state index contributed by atoms with van der Waals surface area (Å²) in [4.78, 5) is 32.7. The van der Waals surface area contributed by atoms with Crippen molar-refractivity contribution in [3.8, 4) is 0 Å². The van der Waals surface area contributed by atoms with Gasteiger partial charge >= 0.3 is 6.09 Å². The molecule has 2 aliphatic heterocycles. The highest BCUT2D eigenvalue weighted by atomic mass is 35.5. The number of fused-ring (bicyclic) bond motifs is 1. The third kappa shape index (κ3) is 3.49. The first-order chi connectivity index (χ1) is 13.0. The topological polar surface area (TPSA) is 62.7 Å². The van der Waals surface area contributed by atoms with Crippen LogP contribution in [0.25, 0.3) is 0 Å². The number of aryl methyl sites for hydroxylation is 1. The number of benzene rings is 1. The standard InChI is InChI=1S/C20H20ClN3O3/c1-13-16(6-3-8-22-13)19(25)23-11-17-18(12-23)27-20(26)24(17)9-7-14-4-2-5-15(21)10-14/h2-6,8,10,17-18H,7,9,11-12H2,1H3/t17-,18+/m1/s1. The normalized spacial score (nSPS) is 21.3. The molecule has 0 N–H and O–H groups in total. The molecule has 2 fully saturated rings. The Morgan fingerprint density at radius 2 is 2.15 bits per heavy atom. The molecule has 2 saturated heterocycles. The maximum absolute atomic E-state index is 12.8. The maximum atomic E-state index is 12.8. The quantitative estimate of drug-likeness (QED) is 0.811. The zero-order chi connectivity index (χ0) is 19.0. The number of carbonyl (C=O) groups excluding carboxylic acids is 2. The van der Waals surface area contributed by atoms with Gasteiger partial charge in [0.15, 0.2) is 0 Å². The number of aromatic nitrogens is 1. The summed E-state index contributed by atoms with van der Waals surface area (Å²) in [6, 6.07) is 11.0. The highest BCUT2D eigenvalue weighted by Gasteiger charge is 2.48. The van der Waals surface area contributed by atoms with Crippen molar-refractivity contribution in [1.82, 2.24) is 14.8 Å². The van der Waals surface area contributed by atoms with E-state index in [4.69, 9.17) is 16.3 Å². The van der Waals surface area contributed by atoms with Crippen molar-refractivity contribution in [3.63, 3.8) is 0 Å². The summed E-state index contributed by atoms with van der Waals surface area (Å²) in [6.45, 7) is 3.24. The van der Waals surface area contributed by atoms with Crippen LogP contribution in [-0.4, -0.2) is 58.6 Å². The van der Waals surface area contributed by atoms with Gasteiger partial charge < -0.3 is 9.64 Å². The highest BCUT2D eigenvalue weighted by molar-refractivity contribution is 6.30. The molecule has 2 aliphatic rings. The van der Waals surface area contributed by atoms with Crippen molar-refractivity contribution in [2.75, 3.05) is 19.6 Å². The van der Waals surface area contributed by atoms with Crippen LogP contribution in [0.1, 0.15) is 21.6 Å². The van der Waals surface area contributed by atoms with Gasteiger partial charge in [-0.2, -0.15) is 0 Å². The summed E-state index contributed by atoms with van der Waals surface area (Å²) < 4.78 is 5.51. The highest BCUT2D eigenvalue weighted by Crippen LogP contribution is 2.28. The minimum Gasteiger partial charge on any atom is -0.442 e. The lowest BCUT2D eigenvalue weighted by atomic mass is 10.1. The third-order valence-corrected chi connectivity index (χ3v) is 5.41. The molecule has 0 spiro atoms. The summed E-state index contributed by atoms with van der Waals surface area (Å²) in [5, 5.41) is 0.679. The van der Waals surface area contributed by atoms with E-state index < -0.39 is 0 Å². The van der Waals surface area contributed by atoms with Gasteiger partial charge in [0.2, 0.25) is 0 Å². The van der Waals surface area contributed by atoms with Crippen molar-refractivity contribution in [2.45, 2.75) is 25.5 Å². The molecule has 0 unspecified atom stereocenters. The van der Waals surface area contributed by atoms with E-state index in [2.05, 4.69) is 4.98 Å². The Morgan fingerprint density at radius 3 is 2.93 bits per heavy atom. The van der Waals surface area contributed by atoms with E-state index in [-0.39, 0.29) is 24.1 Å². The lowest BCUT2D eigenvalue weighted by molar-refractivity contribution is 0.0727. The maximum Gasteiger partial charge on any atom is 0.410 e. The average Bonchev–Trinajstić information content (AvgIpc) is 3.17. The van der Waals surface area contributed by atoms with Crippen LogP contribution in [0.3, 0.4) is 0 Å². The van der Waals surface area contributed by atoms with Gasteiger partial charge in [-0.25, -0.2) is 4.79 Å². The summed E-state index contributed by atoms with van der Waals surface area (Å²) in [5.41, 5.74) is 2.36. The van der Waals surface area contributed by atoms with Gasteiger partial charge in [-0.3, -0.25) is 14.7 Å². The summed E-state index contributed by atoms with van der Waals surface area (Å²) in [6.07, 6.45) is 1.77. The number of likely N-dealkylation sites (tertiary alicyclic amines) is 1. The Kier molecular flexibility index (Phi) is 4.74. The molecule has 1 aromatic heterocycles. The second-order valence-electron chi connectivity index (χ2n) is 6.91. The van der Waals surface area contributed by atoms with Gasteiger partial charge in [0.25, 0.3) is 5.91 Å². The molecule has 0 saturated carbocycles. The molecular weight excluding hydrogens is 366 g/mol. The molecule has 2 amide bonds. The lowest BCUT2D eigenvalue weighted by Crippen LogP contribution is -2.40. The molecule has 140 valence electrons. The second-order valence-corrected chi connectivity index (χ2v) is 7.35. The Bertz CT molecular complexity index is 888. The fraction of sp³-hybridized carbons (Fsp3) is 0.350. The molecule has 0 bridgehead atoms. The number of pyridine rings is 1. The molecule has 2 atom stereocenters. The Hall–Kier alpha value is -2.60. The van der Waals surface area contributed by atoms with Crippen molar-refractivity contribution >= 4 is 23.6 Å². The van der Waals surface area contributed by atoms with Gasteiger partial charge in [-0.15, -0.1) is 0 Å². The predicted octanol–water partition coefficient (Wildman–Crippen LogP) is 2.93. The average molecular weight is 386 g/mol. The van der Waals surface area contributed by atoms with Gasteiger partial charge in [0.05, 0.1) is 18.2 Å². The molecule has 2 aromatic rings. The van der Waals surface area contributed by atoms with Crippen LogP contribution in [0.5, 0.6) is 0 Å². The number of hydrogen-bond donors (Lipinski definition) is 0. The molecule has 0 radical (unpaired) electrons. The van der Waals surface area contributed by atoms with Crippen LogP contribution in [0.15, 0.2) is 42.6 Å². The molecule has 0 aliphatic carbocycles. The smallest absolute Gasteiger partial charge is 0.410 e. The molecule has 3 heterocycles. The Labute approximate surface area is 162 Å². The Balaban J connectivity index is 1.44. The second kappa shape index (κ2) is 7.19. The first kappa shape index (κ1) is 17.8. The number of hydrogen-bond acceptors (Lipinski definition) is 4. The fourth-order valence-electron chi connectivity index (χ4n) is 3.75. The zero-order valence-electron chi connectivity index (χ0n) is 15.0. The number of nitrogens with zero attached hydrogens (tertiary/aromatic N) is 3. The van der Waals surface area contributed by atoms with E-state index in [0.717, 1.165) is 5.56 Å². The van der Waals surface area contributed by atoms with Gasteiger partial charge in [-0.1, -0.05) is 23.7 Å². The first-order valence-corrected chi connectivity index (χ1v) is 9.33. The molecular formula is C20H20ClN3O3. The van der Waals surface area contributed by atoms with Crippen LogP contribution >= 0.6 is 11.6 Å². The molecule has 27 heavy (non-hydrogen) atoms. The zero-order valence-corrected chi connectivity index (χ0v) is 15.7. The van der Waals surface area contributed by atoms with E-state index >= 15 is 0 Å². The summed E-state index contributed by atoms with van der Waals surface area (Å²) in [5.74, 6) is -0.0687. The van der Waals surface area contributed by atoms with E-state index in [1.807, 2.05) is 31.2 Å². The van der Waals surface area contributed by atoms with Gasteiger partial charge in [0.1, 0.15) is 6.10 Å². The lowest BCUT2D eigenvalue weighted by Gasteiger charge is -2.23. The van der Waals surface area contributed by atoms with Crippen LogP contribution < -0.4 is 0 Å². The van der Waals surface area contributed by atoms with Crippen LogP contribution in [0.4, 0.5) is 4.79 Å². The van der Waals surface area contributed by atoms with Crippen molar-refractivity contribution < 1.29 is 14.3 Å². The van der Waals surface area contributed by atoms with E-state index in [0.29, 0.717) is 42.3 Å². The van der Waals surface area contributed by atoms with Crippen LogP contribution in [0, 0.1) is 6.92 Å². The Morgan fingerprint density at radius 1 is 1.30 bits per heavy atom. The molecule has 6 nitrogen and oxygen atoms in total. The van der Waals surface area contributed by atoms with Crippen molar-refractivity contribution in [2.24, 2.45) is 0 Å². The largest absolute Gasteiger partial charge is 0.442 e. The number of amides is 2. The minimum atomic E-state index is -0.309. The fourth-order valence-corrected chi connectivity index (χ4v) is 3.96. The number of carbonyl (C=O) groups is 2.